The van der Waals surface area contributed by atoms with E-state index in [1.165, 1.54) is 25.7 Å². The van der Waals surface area contributed by atoms with Crippen molar-refractivity contribution < 1.29 is 0 Å². The van der Waals surface area contributed by atoms with Crippen molar-refractivity contribution in [1.29, 1.82) is 0 Å². The summed E-state index contributed by atoms with van der Waals surface area (Å²) >= 11 is 0. The summed E-state index contributed by atoms with van der Waals surface area (Å²) in [6.07, 6.45) is 7.13. The van der Waals surface area contributed by atoms with Crippen LogP contribution in [0.25, 0.3) is 0 Å². The molecule has 1 saturated carbocycles. The Morgan fingerprint density at radius 3 is 2.71 bits per heavy atom. The molecule has 0 bridgehead atoms. The highest BCUT2D eigenvalue weighted by Gasteiger charge is 2.45. The minimum absolute atomic E-state index is 0.269. The number of hydrogen-bond donors (Lipinski definition) is 1. The van der Waals surface area contributed by atoms with E-state index in [1.807, 2.05) is 12.3 Å². The summed E-state index contributed by atoms with van der Waals surface area (Å²) < 4.78 is 0. The van der Waals surface area contributed by atoms with Gasteiger partial charge in [0.25, 0.3) is 0 Å². The van der Waals surface area contributed by atoms with Crippen LogP contribution < -0.4 is 10.6 Å². The minimum Gasteiger partial charge on any atom is -0.354 e. The molecule has 0 aromatic carbocycles. The van der Waals surface area contributed by atoms with Gasteiger partial charge in [-0.25, -0.2) is 4.98 Å². The molecule has 4 nitrogen and oxygen atoms in total. The van der Waals surface area contributed by atoms with Crippen LogP contribution in [0.5, 0.6) is 0 Å². The van der Waals surface area contributed by atoms with Crippen molar-refractivity contribution >= 4 is 5.82 Å². The molecule has 2 aliphatic rings. The Kier molecular flexibility index (Phi) is 4.45. The summed E-state index contributed by atoms with van der Waals surface area (Å²) in [6.45, 7) is 7.50. The topological polar surface area (TPSA) is 45.4 Å². The van der Waals surface area contributed by atoms with Crippen LogP contribution in [0.1, 0.15) is 32.6 Å². The zero-order valence-electron chi connectivity index (χ0n) is 13.2. The van der Waals surface area contributed by atoms with E-state index in [4.69, 9.17) is 5.73 Å². The molecule has 0 radical (unpaired) electrons. The molecule has 0 amide bonds. The van der Waals surface area contributed by atoms with Gasteiger partial charge in [-0.2, -0.15) is 0 Å². The van der Waals surface area contributed by atoms with Gasteiger partial charge in [0.2, 0.25) is 0 Å². The number of rotatable bonds is 4. The molecule has 1 aliphatic carbocycles. The lowest BCUT2D eigenvalue weighted by molar-refractivity contribution is 0.0501. The Morgan fingerprint density at radius 2 is 2.10 bits per heavy atom. The Morgan fingerprint density at radius 1 is 1.29 bits per heavy atom. The standard InChI is InChI=1S/C17H28N4/c1-2-15-6-5-8-17(15,14-18)21-12-10-20(11-13-21)16-7-3-4-9-19-16/h3-4,7,9,15H,2,5-6,8,10-14,18H2,1H3. The lowest BCUT2D eigenvalue weighted by Gasteiger charge is -2.48. The van der Waals surface area contributed by atoms with E-state index in [0.717, 1.165) is 44.5 Å². The molecule has 0 spiro atoms. The second-order valence-electron chi connectivity index (χ2n) is 6.47. The van der Waals surface area contributed by atoms with E-state index in [9.17, 15) is 0 Å². The monoisotopic (exact) mass is 288 g/mol. The second-order valence-corrected chi connectivity index (χ2v) is 6.47. The number of aromatic nitrogens is 1. The van der Waals surface area contributed by atoms with Gasteiger partial charge in [0.05, 0.1) is 0 Å². The van der Waals surface area contributed by atoms with Crippen molar-refractivity contribution in [2.45, 2.75) is 38.1 Å². The van der Waals surface area contributed by atoms with Gasteiger partial charge in [0.1, 0.15) is 5.82 Å². The van der Waals surface area contributed by atoms with E-state index in [2.05, 4.69) is 33.8 Å². The van der Waals surface area contributed by atoms with E-state index in [1.54, 1.807) is 0 Å². The fourth-order valence-corrected chi connectivity index (χ4v) is 4.45. The number of nitrogens with zero attached hydrogens (tertiary/aromatic N) is 3. The first-order chi connectivity index (χ1) is 10.3. The summed E-state index contributed by atoms with van der Waals surface area (Å²) in [7, 11) is 0. The Bertz CT molecular complexity index is 441. The summed E-state index contributed by atoms with van der Waals surface area (Å²) in [6, 6.07) is 6.16. The first-order valence-electron chi connectivity index (χ1n) is 8.41. The third-order valence-corrected chi connectivity index (χ3v) is 5.65. The van der Waals surface area contributed by atoms with Crippen LogP contribution in [-0.4, -0.2) is 48.1 Å². The number of piperazine rings is 1. The molecule has 4 heteroatoms. The molecule has 2 heterocycles. The zero-order chi connectivity index (χ0) is 14.7. The summed E-state index contributed by atoms with van der Waals surface area (Å²) in [5.41, 5.74) is 6.51. The number of nitrogens with two attached hydrogens (primary N) is 1. The molecule has 1 aromatic heterocycles. The molecular formula is C17H28N4. The molecular weight excluding hydrogens is 260 g/mol. The molecule has 1 aliphatic heterocycles. The first-order valence-corrected chi connectivity index (χ1v) is 8.41. The van der Waals surface area contributed by atoms with E-state index in [0.29, 0.717) is 0 Å². The molecule has 2 fully saturated rings. The van der Waals surface area contributed by atoms with Gasteiger partial charge < -0.3 is 10.6 Å². The van der Waals surface area contributed by atoms with Crippen LogP contribution in [-0.2, 0) is 0 Å². The van der Waals surface area contributed by atoms with Crippen LogP contribution in [0, 0.1) is 5.92 Å². The van der Waals surface area contributed by atoms with Crippen molar-refractivity contribution in [3.8, 4) is 0 Å². The number of pyridine rings is 1. The van der Waals surface area contributed by atoms with E-state index < -0.39 is 0 Å². The van der Waals surface area contributed by atoms with Crippen molar-refractivity contribution in [2.75, 3.05) is 37.6 Å². The Balaban J connectivity index is 1.67. The Labute approximate surface area is 128 Å². The summed E-state index contributed by atoms with van der Waals surface area (Å²) in [5, 5.41) is 0. The van der Waals surface area contributed by atoms with Crippen molar-refractivity contribution in [1.82, 2.24) is 9.88 Å². The highest BCUT2D eigenvalue weighted by atomic mass is 15.3. The lowest BCUT2D eigenvalue weighted by atomic mass is 9.83. The zero-order valence-corrected chi connectivity index (χ0v) is 13.2. The molecule has 1 aromatic rings. The largest absolute Gasteiger partial charge is 0.354 e. The highest BCUT2D eigenvalue weighted by molar-refractivity contribution is 5.38. The van der Waals surface area contributed by atoms with Crippen LogP contribution >= 0.6 is 0 Å². The van der Waals surface area contributed by atoms with Crippen LogP contribution in [0.2, 0.25) is 0 Å². The molecule has 2 atom stereocenters. The van der Waals surface area contributed by atoms with Gasteiger partial charge in [-0.3, -0.25) is 4.90 Å². The van der Waals surface area contributed by atoms with E-state index in [-0.39, 0.29) is 5.54 Å². The fraction of sp³-hybridized carbons (Fsp3) is 0.706. The van der Waals surface area contributed by atoms with Gasteiger partial charge in [0.15, 0.2) is 0 Å². The normalized spacial score (nSPS) is 30.8. The van der Waals surface area contributed by atoms with Crippen molar-refractivity contribution in [3.05, 3.63) is 24.4 Å². The summed E-state index contributed by atoms with van der Waals surface area (Å²) in [5.74, 6) is 1.89. The average molecular weight is 288 g/mol. The third kappa shape index (κ3) is 2.67. The minimum atomic E-state index is 0.269. The van der Waals surface area contributed by atoms with Gasteiger partial charge >= 0.3 is 0 Å². The predicted octanol–water partition coefficient (Wildman–Crippen LogP) is 2.11. The Hall–Kier alpha value is -1.13. The van der Waals surface area contributed by atoms with Crippen molar-refractivity contribution in [2.24, 2.45) is 11.7 Å². The highest BCUT2D eigenvalue weighted by Crippen LogP contribution is 2.42. The smallest absolute Gasteiger partial charge is 0.128 e. The third-order valence-electron chi connectivity index (χ3n) is 5.65. The van der Waals surface area contributed by atoms with Crippen LogP contribution in [0.4, 0.5) is 5.82 Å². The molecule has 2 unspecified atom stereocenters. The van der Waals surface area contributed by atoms with Gasteiger partial charge in [-0.1, -0.05) is 25.8 Å². The van der Waals surface area contributed by atoms with Crippen molar-refractivity contribution in [3.63, 3.8) is 0 Å². The summed E-state index contributed by atoms with van der Waals surface area (Å²) in [4.78, 5) is 9.56. The van der Waals surface area contributed by atoms with Gasteiger partial charge in [0, 0.05) is 44.5 Å². The maximum absolute atomic E-state index is 6.24. The number of anilines is 1. The van der Waals surface area contributed by atoms with Gasteiger partial charge in [-0.15, -0.1) is 0 Å². The SMILES string of the molecule is CCC1CCCC1(CN)N1CCN(c2ccccn2)CC1. The maximum atomic E-state index is 6.24. The van der Waals surface area contributed by atoms with Crippen LogP contribution in [0.3, 0.4) is 0 Å². The second kappa shape index (κ2) is 6.32. The molecule has 2 N–H and O–H groups in total. The van der Waals surface area contributed by atoms with Crippen LogP contribution in [0.15, 0.2) is 24.4 Å². The molecule has 21 heavy (non-hydrogen) atoms. The maximum Gasteiger partial charge on any atom is 0.128 e. The predicted molar refractivity (Wildman–Crippen MR) is 87.4 cm³/mol. The fourth-order valence-electron chi connectivity index (χ4n) is 4.45. The van der Waals surface area contributed by atoms with E-state index >= 15 is 0 Å². The number of hydrogen-bond acceptors (Lipinski definition) is 4. The van der Waals surface area contributed by atoms with Gasteiger partial charge in [-0.05, 0) is 30.9 Å². The average Bonchev–Trinajstić information content (AvgIpc) is 3.00. The molecule has 116 valence electrons. The molecule has 3 rings (SSSR count). The first kappa shape index (κ1) is 14.8. The lowest BCUT2D eigenvalue weighted by Crippen LogP contribution is -2.62. The quantitative estimate of drug-likeness (QED) is 0.922. The molecule has 1 saturated heterocycles.